The van der Waals surface area contributed by atoms with Crippen molar-refractivity contribution in [2.75, 3.05) is 0 Å². The summed E-state index contributed by atoms with van der Waals surface area (Å²) >= 11 is 3.44. The molecule has 3 aromatic heterocycles. The molecule has 0 saturated carbocycles. The average Bonchev–Trinajstić information content (AvgIpc) is 3.13. The lowest BCUT2D eigenvalue weighted by atomic mass is 10.0. The molecule has 0 saturated heterocycles. The number of halogens is 1. The second kappa shape index (κ2) is 4.09. The van der Waals surface area contributed by atoms with Crippen LogP contribution in [0, 0.1) is 0 Å². The van der Waals surface area contributed by atoms with Crippen LogP contribution in [-0.2, 0) is 0 Å². The van der Waals surface area contributed by atoms with E-state index in [1.54, 1.807) is 18.2 Å². The quantitative estimate of drug-likeness (QED) is 0.374. The highest BCUT2D eigenvalue weighted by Crippen LogP contribution is 2.37. The molecule has 0 aliphatic heterocycles. The van der Waals surface area contributed by atoms with Gasteiger partial charge in [0.15, 0.2) is 0 Å². The lowest BCUT2D eigenvalue weighted by Gasteiger charge is -1.97. The number of H-pyrrole nitrogens is 3. The monoisotopic (exact) mass is 383 g/mol. The zero-order chi connectivity index (χ0) is 16.7. The Balaban J connectivity index is 2.41. The number of benzene rings is 2. The van der Waals surface area contributed by atoms with Gasteiger partial charge >= 0.3 is 0 Å². The number of aromatic amines is 3. The van der Waals surface area contributed by atoms with E-state index < -0.39 is 22.2 Å². The van der Waals surface area contributed by atoms with E-state index in [1.807, 2.05) is 0 Å². The fourth-order valence-electron chi connectivity index (χ4n) is 3.51. The van der Waals surface area contributed by atoms with Crippen LogP contribution in [0.3, 0.4) is 0 Å². The smallest absolute Gasteiger partial charge is 0.261 e. The molecule has 0 unspecified atom stereocenters. The summed E-state index contributed by atoms with van der Waals surface area (Å²) in [6.07, 6.45) is 0. The maximum atomic E-state index is 12.4. The van der Waals surface area contributed by atoms with Gasteiger partial charge in [-0.25, -0.2) is 0 Å². The van der Waals surface area contributed by atoms with E-state index in [-0.39, 0.29) is 21.5 Å². The van der Waals surface area contributed by atoms with Crippen molar-refractivity contribution in [3.63, 3.8) is 0 Å². The van der Waals surface area contributed by atoms with Crippen LogP contribution in [0.5, 0.6) is 0 Å². The van der Waals surface area contributed by atoms with Crippen molar-refractivity contribution in [3.05, 3.63) is 64.1 Å². The third-order valence-corrected chi connectivity index (χ3v) is 5.05. The van der Waals surface area contributed by atoms with Crippen LogP contribution in [0.4, 0.5) is 0 Å². The minimum atomic E-state index is -0.671. The van der Waals surface area contributed by atoms with Gasteiger partial charge in [0.05, 0.1) is 27.1 Å². The minimum absolute atomic E-state index is 0.0393. The zero-order valence-corrected chi connectivity index (χ0v) is 13.3. The summed E-state index contributed by atoms with van der Waals surface area (Å²) in [4.78, 5) is 56.5. The molecule has 2 aromatic carbocycles. The molecule has 3 N–H and O–H groups in total. The van der Waals surface area contributed by atoms with Gasteiger partial charge in [0.2, 0.25) is 0 Å². The third kappa shape index (κ3) is 1.37. The highest BCUT2D eigenvalue weighted by molar-refractivity contribution is 9.10. The Labute approximate surface area is 138 Å². The van der Waals surface area contributed by atoms with Gasteiger partial charge in [0.25, 0.3) is 22.2 Å². The number of fused-ring (bicyclic) bond motifs is 8. The van der Waals surface area contributed by atoms with E-state index in [9.17, 15) is 19.2 Å². The molecule has 7 nitrogen and oxygen atoms in total. The molecule has 24 heavy (non-hydrogen) atoms. The second-order valence-electron chi connectivity index (χ2n) is 5.60. The normalized spacial score (nSPS) is 12.2. The Morgan fingerprint density at radius 2 is 1.17 bits per heavy atom. The lowest BCUT2D eigenvalue weighted by molar-refractivity contribution is 1.26. The van der Waals surface area contributed by atoms with Gasteiger partial charge in [-0.2, -0.15) is 0 Å². The molecular weight excluding hydrogens is 378 g/mol. The Bertz CT molecular complexity index is 1540. The molecule has 5 rings (SSSR count). The van der Waals surface area contributed by atoms with Crippen molar-refractivity contribution < 1.29 is 0 Å². The summed E-state index contributed by atoms with van der Waals surface area (Å²) in [6, 6.07) is 5.40. The number of hydrogen-bond donors (Lipinski definition) is 3. The molecule has 0 aliphatic rings. The van der Waals surface area contributed by atoms with Gasteiger partial charge in [-0.1, -0.05) is 22.0 Å². The van der Waals surface area contributed by atoms with Crippen LogP contribution in [-0.4, -0.2) is 15.0 Å². The van der Waals surface area contributed by atoms with E-state index in [0.717, 1.165) is 0 Å². The van der Waals surface area contributed by atoms with Crippen LogP contribution in [0.2, 0.25) is 0 Å². The summed E-state index contributed by atoms with van der Waals surface area (Å²) in [5.41, 5.74) is -1.44. The third-order valence-electron chi connectivity index (χ3n) is 4.39. The van der Waals surface area contributed by atoms with Crippen molar-refractivity contribution in [1.29, 1.82) is 0 Å². The molecule has 0 spiro atoms. The topological polar surface area (TPSA) is 116 Å². The van der Waals surface area contributed by atoms with Gasteiger partial charge in [-0.05, 0) is 12.1 Å². The standard InChI is InChI=1S/C16H6BrN3O4/c17-4-2-1-3-5-6(4)7-8-9(14(22)19-13(8)21)10-11(12(7)18-5)16(24)20-15(10)23/h1-3,18H,(H,19,21,22)(H,20,23,24). The SMILES string of the molecule is O=c1[nH]c(=O)c2c1c1[nH]c3cccc(Br)c3c1c1c(=O)[nH]c(=O)c21. The van der Waals surface area contributed by atoms with E-state index in [2.05, 4.69) is 30.9 Å². The van der Waals surface area contributed by atoms with Crippen LogP contribution >= 0.6 is 15.9 Å². The maximum absolute atomic E-state index is 12.4. The summed E-state index contributed by atoms with van der Waals surface area (Å²) in [5, 5.41) is 1.28. The number of aromatic nitrogens is 3. The Morgan fingerprint density at radius 3 is 1.83 bits per heavy atom. The molecule has 0 atom stereocenters. The molecule has 0 fully saturated rings. The van der Waals surface area contributed by atoms with Gasteiger partial charge < -0.3 is 4.98 Å². The van der Waals surface area contributed by atoms with Crippen LogP contribution in [0.1, 0.15) is 0 Å². The van der Waals surface area contributed by atoms with Crippen molar-refractivity contribution in [2.24, 2.45) is 0 Å². The molecule has 0 aliphatic carbocycles. The van der Waals surface area contributed by atoms with Crippen LogP contribution in [0.15, 0.2) is 41.8 Å². The summed E-state index contributed by atoms with van der Waals surface area (Å²) in [6.45, 7) is 0. The molecule has 0 bridgehead atoms. The molecule has 3 heterocycles. The molecular formula is C16H6BrN3O4. The zero-order valence-electron chi connectivity index (χ0n) is 11.7. The number of rotatable bonds is 0. The Kier molecular flexibility index (Phi) is 2.29. The predicted octanol–water partition coefficient (Wildman–Crippen LogP) is 1.36. The van der Waals surface area contributed by atoms with Gasteiger partial charge in [-0.3, -0.25) is 29.1 Å². The van der Waals surface area contributed by atoms with Crippen molar-refractivity contribution in [3.8, 4) is 0 Å². The highest BCUT2D eigenvalue weighted by atomic mass is 79.9. The van der Waals surface area contributed by atoms with Gasteiger partial charge in [0, 0.05) is 20.8 Å². The molecule has 8 heteroatoms. The molecule has 0 radical (unpaired) electrons. The first-order chi connectivity index (χ1) is 11.5. The lowest BCUT2D eigenvalue weighted by Crippen LogP contribution is -2.08. The van der Waals surface area contributed by atoms with Crippen molar-refractivity contribution >= 4 is 59.3 Å². The summed E-state index contributed by atoms with van der Waals surface area (Å²) < 4.78 is 0.713. The fourth-order valence-corrected chi connectivity index (χ4v) is 4.07. The van der Waals surface area contributed by atoms with Gasteiger partial charge in [-0.15, -0.1) is 0 Å². The molecule has 116 valence electrons. The van der Waals surface area contributed by atoms with Crippen LogP contribution in [0.25, 0.3) is 43.4 Å². The van der Waals surface area contributed by atoms with E-state index >= 15 is 0 Å². The number of nitrogens with one attached hydrogen (secondary N) is 3. The van der Waals surface area contributed by atoms with Crippen molar-refractivity contribution in [1.82, 2.24) is 15.0 Å². The first-order valence-corrected chi connectivity index (χ1v) is 7.79. The average molecular weight is 384 g/mol. The van der Waals surface area contributed by atoms with E-state index in [4.69, 9.17) is 0 Å². The Morgan fingerprint density at radius 1 is 0.625 bits per heavy atom. The maximum Gasteiger partial charge on any atom is 0.261 e. The molecule has 5 aromatic rings. The van der Waals surface area contributed by atoms with Crippen molar-refractivity contribution in [2.45, 2.75) is 0 Å². The van der Waals surface area contributed by atoms with Crippen LogP contribution < -0.4 is 22.2 Å². The predicted molar refractivity (Wildman–Crippen MR) is 94.7 cm³/mol. The Hall–Kier alpha value is -3.00. The molecule has 0 amide bonds. The first kappa shape index (κ1) is 13.4. The first-order valence-electron chi connectivity index (χ1n) is 7.00. The van der Waals surface area contributed by atoms with E-state index in [1.165, 1.54) is 0 Å². The highest BCUT2D eigenvalue weighted by Gasteiger charge is 2.24. The number of hydrogen-bond acceptors (Lipinski definition) is 4. The summed E-state index contributed by atoms with van der Waals surface area (Å²) in [7, 11) is 0. The summed E-state index contributed by atoms with van der Waals surface area (Å²) in [5.74, 6) is 0. The fraction of sp³-hybridized carbons (Fsp3) is 0. The van der Waals surface area contributed by atoms with Gasteiger partial charge in [0.1, 0.15) is 0 Å². The van der Waals surface area contributed by atoms with E-state index in [0.29, 0.717) is 26.3 Å². The largest absolute Gasteiger partial charge is 0.354 e. The second-order valence-corrected chi connectivity index (χ2v) is 6.46. The minimum Gasteiger partial charge on any atom is -0.354 e.